The topological polar surface area (TPSA) is 67.4 Å². The summed E-state index contributed by atoms with van der Waals surface area (Å²) in [7, 11) is 0. The lowest BCUT2D eigenvalue weighted by Gasteiger charge is -2.10. The predicted molar refractivity (Wildman–Crippen MR) is 113 cm³/mol. The van der Waals surface area contributed by atoms with Crippen molar-refractivity contribution < 1.29 is 14.3 Å². The summed E-state index contributed by atoms with van der Waals surface area (Å²) in [5.41, 5.74) is 7.22. The lowest BCUT2D eigenvalue weighted by molar-refractivity contribution is -0.121. The van der Waals surface area contributed by atoms with Gasteiger partial charge in [0, 0.05) is 17.0 Å². The summed E-state index contributed by atoms with van der Waals surface area (Å²) in [6, 6.07) is 23.8. The summed E-state index contributed by atoms with van der Waals surface area (Å²) < 4.78 is 5.74. The van der Waals surface area contributed by atoms with Gasteiger partial charge in [-0.3, -0.25) is 20.4 Å². The van der Waals surface area contributed by atoms with Gasteiger partial charge in [-0.05, 0) is 41.5 Å². The second kappa shape index (κ2) is 10.3. The number of halogens is 1. The molecule has 29 heavy (non-hydrogen) atoms. The van der Waals surface area contributed by atoms with Gasteiger partial charge in [0.1, 0.15) is 5.75 Å². The largest absolute Gasteiger partial charge is 0.493 e. The van der Waals surface area contributed by atoms with Crippen molar-refractivity contribution in [3.05, 3.63) is 101 Å². The number of carbonyl (C=O) groups is 2. The van der Waals surface area contributed by atoms with Crippen LogP contribution in [0.2, 0.25) is 5.02 Å². The van der Waals surface area contributed by atoms with E-state index in [0.717, 1.165) is 12.0 Å². The van der Waals surface area contributed by atoms with Crippen LogP contribution in [-0.4, -0.2) is 18.4 Å². The van der Waals surface area contributed by atoms with Gasteiger partial charge in [-0.2, -0.15) is 0 Å². The minimum absolute atomic E-state index is 0.139. The highest BCUT2D eigenvalue weighted by molar-refractivity contribution is 6.30. The van der Waals surface area contributed by atoms with E-state index in [2.05, 4.69) is 10.9 Å². The van der Waals surface area contributed by atoms with Gasteiger partial charge in [0.05, 0.1) is 13.0 Å². The fraction of sp³-hybridized carbons (Fsp3) is 0.130. The molecule has 0 spiro atoms. The van der Waals surface area contributed by atoms with Crippen LogP contribution in [0.25, 0.3) is 0 Å². The molecular formula is C23H21ClN2O3. The number of rotatable bonds is 7. The third-order valence-corrected chi connectivity index (χ3v) is 4.44. The van der Waals surface area contributed by atoms with Crippen LogP contribution in [-0.2, 0) is 17.6 Å². The smallest absolute Gasteiger partial charge is 0.269 e. The van der Waals surface area contributed by atoms with Gasteiger partial charge in [-0.15, -0.1) is 0 Å². The Morgan fingerprint density at radius 3 is 2.34 bits per heavy atom. The molecule has 0 bridgehead atoms. The molecule has 0 aliphatic heterocycles. The highest BCUT2D eigenvalue weighted by Crippen LogP contribution is 2.14. The van der Waals surface area contributed by atoms with Gasteiger partial charge in [-0.1, -0.05) is 60.1 Å². The molecule has 0 fully saturated rings. The van der Waals surface area contributed by atoms with Crippen molar-refractivity contribution in [3.8, 4) is 5.75 Å². The van der Waals surface area contributed by atoms with E-state index in [0.29, 0.717) is 22.9 Å². The van der Waals surface area contributed by atoms with Crippen molar-refractivity contribution in [3.63, 3.8) is 0 Å². The SMILES string of the molecule is O=C(Cc1ccc(Cl)cc1)NNC(=O)c1cccc(OCCc2ccccc2)c1. The van der Waals surface area contributed by atoms with Crippen LogP contribution < -0.4 is 15.6 Å². The number of hydrogen-bond acceptors (Lipinski definition) is 3. The van der Waals surface area contributed by atoms with E-state index in [4.69, 9.17) is 16.3 Å². The van der Waals surface area contributed by atoms with Crippen LogP contribution in [0.1, 0.15) is 21.5 Å². The summed E-state index contributed by atoms with van der Waals surface area (Å²) in [5.74, 6) is -0.139. The van der Waals surface area contributed by atoms with E-state index >= 15 is 0 Å². The normalized spacial score (nSPS) is 10.2. The zero-order valence-corrected chi connectivity index (χ0v) is 16.5. The van der Waals surface area contributed by atoms with Gasteiger partial charge in [0.25, 0.3) is 5.91 Å². The quantitative estimate of drug-likeness (QED) is 0.581. The summed E-state index contributed by atoms with van der Waals surface area (Å²) in [6.07, 6.45) is 0.915. The maximum Gasteiger partial charge on any atom is 0.269 e. The molecule has 0 unspecified atom stereocenters. The van der Waals surface area contributed by atoms with E-state index in [-0.39, 0.29) is 12.3 Å². The molecular weight excluding hydrogens is 388 g/mol. The molecule has 0 aliphatic rings. The molecule has 0 radical (unpaired) electrons. The number of ether oxygens (including phenoxy) is 1. The number of carbonyl (C=O) groups excluding carboxylic acids is 2. The van der Waals surface area contributed by atoms with Crippen molar-refractivity contribution in [1.29, 1.82) is 0 Å². The molecule has 0 atom stereocenters. The molecule has 0 aliphatic carbocycles. The van der Waals surface area contributed by atoms with E-state index in [1.165, 1.54) is 5.56 Å². The first-order valence-corrected chi connectivity index (χ1v) is 9.58. The first-order chi connectivity index (χ1) is 14.1. The maximum atomic E-state index is 12.3. The van der Waals surface area contributed by atoms with Crippen molar-refractivity contribution in [2.75, 3.05) is 6.61 Å². The zero-order valence-electron chi connectivity index (χ0n) is 15.7. The molecule has 0 heterocycles. The van der Waals surface area contributed by atoms with Crippen LogP contribution in [0.3, 0.4) is 0 Å². The molecule has 3 aromatic rings. The Morgan fingerprint density at radius 1 is 0.828 bits per heavy atom. The maximum absolute atomic E-state index is 12.3. The van der Waals surface area contributed by atoms with Crippen LogP contribution >= 0.6 is 11.6 Å². The number of benzene rings is 3. The Balaban J connectivity index is 1.47. The molecule has 0 saturated heterocycles. The number of hydrazine groups is 1. The van der Waals surface area contributed by atoms with Gasteiger partial charge in [0.2, 0.25) is 5.91 Å². The first-order valence-electron chi connectivity index (χ1n) is 9.20. The molecule has 6 heteroatoms. The highest BCUT2D eigenvalue weighted by atomic mass is 35.5. The first kappa shape index (κ1) is 20.4. The summed E-state index contributed by atoms with van der Waals surface area (Å²) in [4.78, 5) is 24.3. The number of amides is 2. The van der Waals surface area contributed by atoms with Crippen molar-refractivity contribution in [1.82, 2.24) is 10.9 Å². The van der Waals surface area contributed by atoms with E-state index < -0.39 is 5.91 Å². The number of hydrogen-bond donors (Lipinski definition) is 2. The molecule has 2 amide bonds. The standard InChI is InChI=1S/C23H21ClN2O3/c24-20-11-9-18(10-12-20)15-22(27)25-26-23(28)19-7-4-8-21(16-19)29-14-13-17-5-2-1-3-6-17/h1-12,16H,13-15H2,(H,25,27)(H,26,28). The van der Waals surface area contributed by atoms with Crippen molar-refractivity contribution >= 4 is 23.4 Å². The Labute approximate surface area is 174 Å². The predicted octanol–water partition coefficient (Wildman–Crippen LogP) is 3.97. The van der Waals surface area contributed by atoms with Gasteiger partial charge < -0.3 is 4.74 Å². The molecule has 5 nitrogen and oxygen atoms in total. The summed E-state index contributed by atoms with van der Waals surface area (Å²) >= 11 is 5.83. The summed E-state index contributed by atoms with van der Waals surface area (Å²) in [5, 5.41) is 0.605. The third-order valence-electron chi connectivity index (χ3n) is 4.19. The number of nitrogens with one attached hydrogen (secondary N) is 2. The zero-order chi connectivity index (χ0) is 20.5. The monoisotopic (exact) mass is 408 g/mol. The second-order valence-corrected chi connectivity index (χ2v) is 6.85. The average Bonchev–Trinajstić information content (AvgIpc) is 2.75. The average molecular weight is 409 g/mol. The molecule has 0 aromatic heterocycles. The molecule has 0 saturated carbocycles. The van der Waals surface area contributed by atoms with E-state index in [9.17, 15) is 9.59 Å². The minimum atomic E-state index is -0.414. The van der Waals surface area contributed by atoms with Crippen LogP contribution in [0.5, 0.6) is 5.75 Å². The fourth-order valence-electron chi connectivity index (χ4n) is 2.69. The second-order valence-electron chi connectivity index (χ2n) is 6.42. The van der Waals surface area contributed by atoms with E-state index in [1.54, 1.807) is 48.5 Å². The Kier molecular flexibility index (Phi) is 7.25. The van der Waals surface area contributed by atoms with E-state index in [1.807, 2.05) is 30.3 Å². The fourth-order valence-corrected chi connectivity index (χ4v) is 2.82. The van der Waals surface area contributed by atoms with Crippen LogP contribution in [0.15, 0.2) is 78.9 Å². The van der Waals surface area contributed by atoms with Gasteiger partial charge >= 0.3 is 0 Å². The highest BCUT2D eigenvalue weighted by Gasteiger charge is 2.09. The minimum Gasteiger partial charge on any atom is -0.493 e. The Morgan fingerprint density at radius 2 is 1.59 bits per heavy atom. The molecule has 3 rings (SSSR count). The van der Waals surface area contributed by atoms with Crippen molar-refractivity contribution in [2.24, 2.45) is 0 Å². The molecule has 148 valence electrons. The Hall–Kier alpha value is -3.31. The van der Waals surface area contributed by atoms with Gasteiger partial charge in [-0.25, -0.2) is 0 Å². The lowest BCUT2D eigenvalue weighted by Crippen LogP contribution is -2.42. The lowest BCUT2D eigenvalue weighted by atomic mass is 10.1. The molecule has 2 N–H and O–H groups in total. The third kappa shape index (κ3) is 6.66. The Bertz CT molecular complexity index is 959. The summed E-state index contributed by atoms with van der Waals surface area (Å²) in [6.45, 7) is 0.507. The molecule has 3 aromatic carbocycles. The van der Waals surface area contributed by atoms with Crippen LogP contribution in [0, 0.1) is 0 Å². The van der Waals surface area contributed by atoms with Crippen LogP contribution in [0.4, 0.5) is 0 Å². The van der Waals surface area contributed by atoms with Crippen molar-refractivity contribution in [2.45, 2.75) is 12.8 Å². The van der Waals surface area contributed by atoms with Gasteiger partial charge in [0.15, 0.2) is 0 Å².